The van der Waals surface area contributed by atoms with Crippen LogP contribution in [0.15, 0.2) is 91.4 Å². The van der Waals surface area contributed by atoms with Gasteiger partial charge in [0, 0.05) is 22.4 Å². The highest BCUT2D eigenvalue weighted by Crippen LogP contribution is 2.18. The summed E-state index contributed by atoms with van der Waals surface area (Å²) in [6, 6.07) is 26.5. The molecular weight excluding hydrogens is 294 g/mol. The summed E-state index contributed by atoms with van der Waals surface area (Å²) < 4.78 is 0. The van der Waals surface area contributed by atoms with Crippen molar-refractivity contribution >= 4 is 32.7 Å². The summed E-state index contributed by atoms with van der Waals surface area (Å²) in [7, 11) is 0. The van der Waals surface area contributed by atoms with Crippen molar-refractivity contribution in [3.63, 3.8) is 0 Å². The Morgan fingerprint density at radius 3 is 1.71 bits per heavy atom. The fourth-order valence-corrected chi connectivity index (χ4v) is 2.64. The highest BCUT2D eigenvalue weighted by molar-refractivity contribution is 5.92. The van der Waals surface area contributed by atoms with Gasteiger partial charge in [-0.2, -0.15) is 0 Å². The molecule has 3 heteroatoms. The van der Waals surface area contributed by atoms with Gasteiger partial charge in [-0.05, 0) is 24.3 Å². The van der Waals surface area contributed by atoms with E-state index in [1.165, 1.54) is 10.8 Å². The second kappa shape index (κ2) is 6.42. The molecule has 0 bridgehead atoms. The van der Waals surface area contributed by atoms with Crippen molar-refractivity contribution in [1.29, 1.82) is 0 Å². The Bertz CT molecular complexity index is 949. The van der Waals surface area contributed by atoms with Gasteiger partial charge in [0.05, 0.1) is 16.6 Å². The average Bonchev–Trinajstić information content (AvgIpc) is 2.67. The maximum atomic E-state index is 4.58. The number of para-hydroxylation sites is 3. The van der Waals surface area contributed by atoms with Crippen LogP contribution in [-0.2, 0) is 0 Å². The molecule has 0 N–H and O–H groups in total. The van der Waals surface area contributed by atoms with Crippen LogP contribution in [-0.4, -0.2) is 15.0 Å². The molecule has 5 rings (SSSR count). The zero-order valence-electron chi connectivity index (χ0n) is 13.0. The normalized spacial score (nSPS) is 10.5. The minimum Gasteiger partial charge on any atom is -0.248 e. The van der Waals surface area contributed by atoms with Crippen LogP contribution < -0.4 is 0 Å². The molecule has 0 atom stereocenters. The van der Waals surface area contributed by atoms with Crippen molar-refractivity contribution in [1.82, 2.24) is 15.0 Å². The molecule has 0 aliphatic heterocycles. The van der Waals surface area contributed by atoms with Gasteiger partial charge in [0.15, 0.2) is 0 Å². The SMILES string of the molecule is c1ccc2nc3ccccc3cc2c1.c1ccc2ncncc2c1. The van der Waals surface area contributed by atoms with Crippen molar-refractivity contribution in [2.75, 3.05) is 0 Å². The lowest BCUT2D eigenvalue weighted by Crippen LogP contribution is -1.80. The van der Waals surface area contributed by atoms with E-state index in [9.17, 15) is 0 Å². The van der Waals surface area contributed by atoms with Gasteiger partial charge in [0.2, 0.25) is 0 Å². The van der Waals surface area contributed by atoms with E-state index in [1.807, 2.05) is 66.9 Å². The summed E-state index contributed by atoms with van der Waals surface area (Å²) in [5.74, 6) is 0. The molecule has 0 radical (unpaired) electrons. The molecule has 5 aromatic rings. The predicted molar refractivity (Wildman–Crippen MR) is 98.8 cm³/mol. The van der Waals surface area contributed by atoms with Gasteiger partial charge in [-0.15, -0.1) is 0 Å². The smallest absolute Gasteiger partial charge is 0.116 e. The summed E-state index contributed by atoms with van der Waals surface area (Å²) in [6.45, 7) is 0. The van der Waals surface area contributed by atoms with Crippen LogP contribution in [0.2, 0.25) is 0 Å². The second-order valence-electron chi connectivity index (χ2n) is 5.46. The third-order valence-electron chi connectivity index (χ3n) is 3.84. The quantitative estimate of drug-likeness (QED) is 0.377. The Labute approximate surface area is 139 Å². The fraction of sp³-hybridized carbons (Fsp3) is 0. The average molecular weight is 309 g/mol. The molecule has 0 fully saturated rings. The minimum atomic E-state index is 0.998. The first-order valence-electron chi connectivity index (χ1n) is 7.79. The summed E-state index contributed by atoms with van der Waals surface area (Å²) >= 11 is 0. The highest BCUT2D eigenvalue weighted by Gasteiger charge is 1.96. The highest BCUT2D eigenvalue weighted by atomic mass is 14.8. The molecule has 0 unspecified atom stereocenters. The number of hydrogen-bond acceptors (Lipinski definition) is 3. The molecule has 0 aliphatic rings. The molecule has 0 aliphatic carbocycles. The zero-order chi connectivity index (χ0) is 16.2. The molecule has 3 nitrogen and oxygen atoms in total. The number of benzene rings is 3. The Hall–Kier alpha value is -3.33. The van der Waals surface area contributed by atoms with Crippen molar-refractivity contribution in [3.8, 4) is 0 Å². The third-order valence-corrected chi connectivity index (χ3v) is 3.84. The lowest BCUT2D eigenvalue weighted by molar-refractivity contribution is 1.22. The first-order chi connectivity index (χ1) is 11.9. The van der Waals surface area contributed by atoms with Gasteiger partial charge in [0.1, 0.15) is 6.33 Å². The van der Waals surface area contributed by atoms with Gasteiger partial charge in [-0.1, -0.05) is 54.6 Å². The first-order valence-corrected chi connectivity index (χ1v) is 7.79. The van der Waals surface area contributed by atoms with E-state index in [2.05, 4.69) is 33.2 Å². The minimum absolute atomic E-state index is 0.998. The predicted octanol–water partition coefficient (Wildman–Crippen LogP) is 5.02. The van der Waals surface area contributed by atoms with E-state index in [4.69, 9.17) is 0 Å². The van der Waals surface area contributed by atoms with Gasteiger partial charge in [-0.3, -0.25) is 0 Å². The first kappa shape index (κ1) is 14.3. The van der Waals surface area contributed by atoms with E-state index in [-0.39, 0.29) is 0 Å². The van der Waals surface area contributed by atoms with Crippen LogP contribution in [0.25, 0.3) is 32.7 Å². The van der Waals surface area contributed by atoms with Crippen molar-refractivity contribution < 1.29 is 0 Å². The lowest BCUT2D eigenvalue weighted by Gasteiger charge is -1.99. The van der Waals surface area contributed by atoms with E-state index in [0.717, 1.165) is 21.9 Å². The number of nitrogens with zero attached hydrogens (tertiary/aromatic N) is 3. The van der Waals surface area contributed by atoms with E-state index in [0.29, 0.717) is 0 Å². The van der Waals surface area contributed by atoms with Gasteiger partial charge in [-0.25, -0.2) is 15.0 Å². The molecule has 0 saturated heterocycles. The van der Waals surface area contributed by atoms with E-state index < -0.39 is 0 Å². The number of hydrogen-bond donors (Lipinski definition) is 0. The summed E-state index contributed by atoms with van der Waals surface area (Å²) in [5.41, 5.74) is 3.12. The molecule has 114 valence electrons. The molecular formula is C21H15N3. The Balaban J connectivity index is 0.000000129. The number of pyridine rings is 1. The third kappa shape index (κ3) is 2.92. The number of rotatable bonds is 0. The maximum Gasteiger partial charge on any atom is 0.116 e. The maximum absolute atomic E-state index is 4.58. The largest absolute Gasteiger partial charge is 0.248 e. The topological polar surface area (TPSA) is 38.7 Å². The van der Waals surface area contributed by atoms with Crippen molar-refractivity contribution in [3.05, 3.63) is 91.4 Å². The number of fused-ring (bicyclic) bond motifs is 3. The van der Waals surface area contributed by atoms with Crippen LogP contribution in [0.1, 0.15) is 0 Å². The van der Waals surface area contributed by atoms with Crippen molar-refractivity contribution in [2.45, 2.75) is 0 Å². The van der Waals surface area contributed by atoms with Gasteiger partial charge < -0.3 is 0 Å². The van der Waals surface area contributed by atoms with Crippen LogP contribution in [0.3, 0.4) is 0 Å². The number of aromatic nitrogens is 3. The molecule has 0 saturated carbocycles. The molecule has 2 heterocycles. The van der Waals surface area contributed by atoms with E-state index >= 15 is 0 Å². The fourth-order valence-electron chi connectivity index (χ4n) is 2.64. The van der Waals surface area contributed by atoms with Gasteiger partial charge in [0.25, 0.3) is 0 Å². The molecule has 24 heavy (non-hydrogen) atoms. The molecule has 0 amide bonds. The summed E-state index contributed by atoms with van der Waals surface area (Å²) in [6.07, 6.45) is 3.37. The lowest BCUT2D eigenvalue weighted by atomic mass is 10.1. The zero-order valence-corrected chi connectivity index (χ0v) is 13.0. The summed E-state index contributed by atoms with van der Waals surface area (Å²) in [5, 5.41) is 3.49. The Morgan fingerprint density at radius 2 is 1.08 bits per heavy atom. The standard InChI is InChI=1S/C13H9N.C8H6N2/c1-3-7-12-10(5-1)9-11-6-2-4-8-13(11)14-12;1-2-4-8-7(3-1)5-9-6-10-8/h1-9H;1-6H. The van der Waals surface area contributed by atoms with E-state index in [1.54, 1.807) is 6.33 Å². The summed E-state index contributed by atoms with van der Waals surface area (Å²) in [4.78, 5) is 12.5. The van der Waals surface area contributed by atoms with Gasteiger partial charge >= 0.3 is 0 Å². The van der Waals surface area contributed by atoms with Crippen LogP contribution in [0, 0.1) is 0 Å². The van der Waals surface area contributed by atoms with Crippen molar-refractivity contribution in [2.24, 2.45) is 0 Å². The van der Waals surface area contributed by atoms with Crippen LogP contribution in [0.4, 0.5) is 0 Å². The van der Waals surface area contributed by atoms with Crippen LogP contribution in [0.5, 0.6) is 0 Å². The Morgan fingerprint density at radius 1 is 0.542 bits per heavy atom. The second-order valence-corrected chi connectivity index (χ2v) is 5.46. The molecule has 2 aromatic heterocycles. The molecule has 0 spiro atoms. The van der Waals surface area contributed by atoms with Crippen LogP contribution >= 0.6 is 0 Å². The molecule has 3 aromatic carbocycles. The Kier molecular flexibility index (Phi) is 3.82. The monoisotopic (exact) mass is 309 g/mol.